The highest BCUT2D eigenvalue weighted by Crippen LogP contribution is 2.30. The number of anilines is 1. The van der Waals surface area contributed by atoms with Crippen LogP contribution in [0.15, 0.2) is 22.8 Å². The van der Waals surface area contributed by atoms with E-state index in [-0.39, 0.29) is 0 Å². The molecule has 16 heavy (non-hydrogen) atoms. The van der Waals surface area contributed by atoms with Gasteiger partial charge in [0.05, 0.1) is 0 Å². The number of aromatic nitrogens is 2. The third-order valence-corrected chi connectivity index (χ3v) is 3.63. The van der Waals surface area contributed by atoms with Crippen molar-refractivity contribution in [1.29, 1.82) is 0 Å². The van der Waals surface area contributed by atoms with E-state index in [4.69, 9.17) is 4.63 Å². The number of benzene rings is 1. The molecule has 4 rings (SSSR count). The van der Waals surface area contributed by atoms with Gasteiger partial charge in [0.1, 0.15) is 11.0 Å². The van der Waals surface area contributed by atoms with Crippen LogP contribution in [0.2, 0.25) is 0 Å². The number of rotatable bonds is 1. The Balaban J connectivity index is 1.76. The fourth-order valence-electron chi connectivity index (χ4n) is 2.83. The summed E-state index contributed by atoms with van der Waals surface area (Å²) >= 11 is 0. The van der Waals surface area contributed by atoms with Crippen LogP contribution >= 0.6 is 0 Å². The van der Waals surface area contributed by atoms with Crippen molar-refractivity contribution in [3.8, 4) is 0 Å². The molecule has 2 fully saturated rings. The number of fused-ring (bicyclic) bond motifs is 3. The van der Waals surface area contributed by atoms with Crippen molar-refractivity contribution in [3.05, 3.63) is 18.2 Å². The van der Waals surface area contributed by atoms with E-state index in [1.807, 2.05) is 6.07 Å². The van der Waals surface area contributed by atoms with Crippen LogP contribution in [-0.2, 0) is 0 Å². The van der Waals surface area contributed by atoms with Gasteiger partial charge in [-0.1, -0.05) is 0 Å². The lowest BCUT2D eigenvalue weighted by atomic mass is 10.2. The maximum absolute atomic E-state index is 4.71. The van der Waals surface area contributed by atoms with Crippen LogP contribution < -0.4 is 10.2 Å². The molecule has 0 unspecified atom stereocenters. The highest BCUT2D eigenvalue weighted by Gasteiger charge is 2.37. The molecule has 5 nitrogen and oxygen atoms in total. The van der Waals surface area contributed by atoms with Crippen molar-refractivity contribution < 1.29 is 4.63 Å². The van der Waals surface area contributed by atoms with Gasteiger partial charge < -0.3 is 10.2 Å². The average molecular weight is 216 g/mol. The first kappa shape index (κ1) is 8.52. The summed E-state index contributed by atoms with van der Waals surface area (Å²) in [4.78, 5) is 2.45. The Kier molecular flexibility index (Phi) is 1.57. The Morgan fingerprint density at radius 2 is 2.25 bits per heavy atom. The summed E-state index contributed by atoms with van der Waals surface area (Å²) in [7, 11) is 0. The highest BCUT2D eigenvalue weighted by atomic mass is 16.6. The fourth-order valence-corrected chi connectivity index (χ4v) is 2.83. The van der Waals surface area contributed by atoms with E-state index in [0.29, 0.717) is 12.1 Å². The van der Waals surface area contributed by atoms with E-state index in [1.54, 1.807) is 0 Å². The molecule has 0 saturated carbocycles. The van der Waals surface area contributed by atoms with Crippen molar-refractivity contribution >= 4 is 16.7 Å². The zero-order chi connectivity index (χ0) is 10.5. The van der Waals surface area contributed by atoms with Crippen LogP contribution in [-0.4, -0.2) is 35.5 Å². The second-order valence-electron chi connectivity index (χ2n) is 4.58. The van der Waals surface area contributed by atoms with Crippen LogP contribution in [0.25, 0.3) is 11.0 Å². The summed E-state index contributed by atoms with van der Waals surface area (Å²) in [5.74, 6) is 0. The number of hydrogen-bond acceptors (Lipinski definition) is 5. The predicted octanol–water partition coefficient (Wildman–Crippen LogP) is 0.773. The van der Waals surface area contributed by atoms with Gasteiger partial charge in [0.2, 0.25) is 0 Å². The molecule has 5 heteroatoms. The average Bonchev–Trinajstić information content (AvgIpc) is 3.03. The van der Waals surface area contributed by atoms with E-state index in [2.05, 4.69) is 32.7 Å². The largest absolute Gasteiger partial charge is 0.366 e. The van der Waals surface area contributed by atoms with Gasteiger partial charge in [-0.2, -0.15) is 0 Å². The summed E-state index contributed by atoms with van der Waals surface area (Å²) in [6.07, 6.45) is 1.26. The molecule has 0 amide bonds. The molecule has 2 aliphatic rings. The molecule has 3 heterocycles. The van der Waals surface area contributed by atoms with Crippen LogP contribution in [0.1, 0.15) is 6.42 Å². The number of nitrogens with one attached hydrogen (secondary N) is 1. The Morgan fingerprint density at radius 3 is 3.06 bits per heavy atom. The molecule has 2 aliphatic heterocycles. The normalized spacial score (nSPS) is 28.1. The van der Waals surface area contributed by atoms with Gasteiger partial charge in [0, 0.05) is 30.9 Å². The fraction of sp³-hybridized carbons (Fsp3) is 0.455. The molecule has 1 aromatic heterocycles. The minimum atomic E-state index is 0.641. The van der Waals surface area contributed by atoms with Gasteiger partial charge in [0.15, 0.2) is 0 Å². The Hall–Kier alpha value is -1.62. The Labute approximate surface area is 92.4 Å². The monoisotopic (exact) mass is 216 g/mol. The zero-order valence-electron chi connectivity index (χ0n) is 8.76. The first-order chi connectivity index (χ1) is 7.90. The number of piperazine rings is 1. The van der Waals surface area contributed by atoms with Gasteiger partial charge in [-0.25, -0.2) is 4.63 Å². The first-order valence-electron chi connectivity index (χ1n) is 5.62. The van der Waals surface area contributed by atoms with E-state index in [0.717, 1.165) is 24.1 Å². The Morgan fingerprint density at radius 1 is 1.31 bits per heavy atom. The maximum Gasteiger partial charge on any atom is 0.137 e. The lowest BCUT2D eigenvalue weighted by molar-refractivity contribution is 0.315. The van der Waals surface area contributed by atoms with Gasteiger partial charge in [-0.15, -0.1) is 0 Å². The van der Waals surface area contributed by atoms with Crippen LogP contribution in [0.4, 0.5) is 5.69 Å². The smallest absolute Gasteiger partial charge is 0.137 e. The van der Waals surface area contributed by atoms with E-state index in [9.17, 15) is 0 Å². The molecular formula is C11H12N4O. The summed E-state index contributed by atoms with van der Waals surface area (Å²) < 4.78 is 4.71. The second-order valence-corrected chi connectivity index (χ2v) is 4.58. The molecule has 2 atom stereocenters. The van der Waals surface area contributed by atoms with E-state index >= 15 is 0 Å². The van der Waals surface area contributed by atoms with Crippen molar-refractivity contribution in [1.82, 2.24) is 15.6 Å². The zero-order valence-corrected chi connectivity index (χ0v) is 8.76. The van der Waals surface area contributed by atoms with Crippen molar-refractivity contribution in [3.63, 3.8) is 0 Å². The minimum Gasteiger partial charge on any atom is -0.366 e. The summed E-state index contributed by atoms with van der Waals surface area (Å²) in [5.41, 5.74) is 2.90. The molecule has 2 bridgehead atoms. The minimum absolute atomic E-state index is 0.641. The summed E-state index contributed by atoms with van der Waals surface area (Å²) in [6, 6.07) is 7.44. The van der Waals surface area contributed by atoms with Gasteiger partial charge in [-0.05, 0) is 34.9 Å². The van der Waals surface area contributed by atoms with E-state index in [1.165, 1.54) is 12.1 Å². The number of nitrogens with zero attached hydrogens (tertiary/aromatic N) is 3. The molecule has 1 aromatic carbocycles. The van der Waals surface area contributed by atoms with Crippen molar-refractivity contribution in [2.45, 2.75) is 18.5 Å². The van der Waals surface area contributed by atoms with Gasteiger partial charge in [0.25, 0.3) is 0 Å². The van der Waals surface area contributed by atoms with Gasteiger partial charge >= 0.3 is 0 Å². The van der Waals surface area contributed by atoms with Crippen LogP contribution in [0.3, 0.4) is 0 Å². The quantitative estimate of drug-likeness (QED) is 0.763. The molecule has 2 aromatic rings. The third-order valence-electron chi connectivity index (χ3n) is 3.63. The lowest BCUT2D eigenvalue weighted by Gasteiger charge is -2.29. The molecule has 2 saturated heterocycles. The third kappa shape index (κ3) is 1.09. The predicted molar refractivity (Wildman–Crippen MR) is 59.3 cm³/mol. The molecular weight excluding hydrogens is 204 g/mol. The van der Waals surface area contributed by atoms with Crippen molar-refractivity contribution in [2.75, 3.05) is 18.0 Å². The maximum atomic E-state index is 4.71. The number of hydrogen-bond donors (Lipinski definition) is 1. The highest BCUT2D eigenvalue weighted by molar-refractivity contribution is 5.78. The summed E-state index contributed by atoms with van der Waals surface area (Å²) in [6.45, 7) is 2.20. The molecule has 1 N–H and O–H groups in total. The van der Waals surface area contributed by atoms with E-state index < -0.39 is 0 Å². The topological polar surface area (TPSA) is 54.2 Å². The molecule has 0 aliphatic carbocycles. The second kappa shape index (κ2) is 2.95. The van der Waals surface area contributed by atoms with Crippen molar-refractivity contribution in [2.24, 2.45) is 0 Å². The molecule has 0 spiro atoms. The van der Waals surface area contributed by atoms with Crippen LogP contribution in [0, 0.1) is 0 Å². The summed E-state index contributed by atoms with van der Waals surface area (Å²) in [5, 5.41) is 11.2. The first-order valence-corrected chi connectivity index (χ1v) is 5.62. The molecule has 82 valence electrons. The lowest BCUT2D eigenvalue weighted by Crippen LogP contribution is -2.43. The molecule has 0 radical (unpaired) electrons. The van der Waals surface area contributed by atoms with Gasteiger partial charge in [-0.3, -0.25) is 0 Å². The Bertz CT molecular complexity index is 538. The van der Waals surface area contributed by atoms with Crippen LogP contribution in [0.5, 0.6) is 0 Å². The SMILES string of the molecule is c1cc2nonc2cc1N1C[C@@H]2C[C@H]1CN2. The standard InChI is InChI=1S/C11H12N4O/c1-2-10-11(14-16-13-10)4-8(1)15-6-7-3-9(15)5-12-7/h1-2,4,7,9,12H,3,5-6H2/t7-,9-/m0/s1.